The first-order chi connectivity index (χ1) is 12.5. The summed E-state index contributed by atoms with van der Waals surface area (Å²) in [4.78, 5) is 12.6. The molecule has 0 bridgehead atoms. The Morgan fingerprint density at radius 2 is 2.15 bits per heavy atom. The van der Waals surface area contributed by atoms with E-state index in [2.05, 4.69) is 53.2 Å². The van der Waals surface area contributed by atoms with E-state index in [0.29, 0.717) is 6.61 Å². The monoisotopic (exact) mass is 353 g/mol. The molecule has 0 radical (unpaired) electrons. The molecular weight excluding hydrogens is 326 g/mol. The van der Waals surface area contributed by atoms with E-state index in [-0.39, 0.29) is 23.5 Å². The van der Waals surface area contributed by atoms with E-state index in [1.165, 1.54) is 11.3 Å². The number of rotatable bonds is 4. The van der Waals surface area contributed by atoms with Crippen LogP contribution in [-0.4, -0.2) is 28.4 Å². The number of hydrogen-bond acceptors (Lipinski definition) is 3. The van der Waals surface area contributed by atoms with Gasteiger partial charge in [0, 0.05) is 17.9 Å². The van der Waals surface area contributed by atoms with E-state index in [0.717, 1.165) is 37.8 Å². The average molecular weight is 353 g/mol. The Morgan fingerprint density at radius 1 is 1.35 bits per heavy atom. The molecule has 2 atom stereocenters. The molecule has 1 aliphatic heterocycles. The van der Waals surface area contributed by atoms with Gasteiger partial charge in [-0.05, 0) is 36.7 Å². The highest BCUT2D eigenvalue weighted by Gasteiger charge is 2.37. The van der Waals surface area contributed by atoms with Crippen LogP contribution >= 0.6 is 0 Å². The molecule has 2 aliphatic rings. The topological polar surface area (TPSA) is 56.2 Å². The molecule has 1 amide bonds. The molecule has 5 heteroatoms. The Labute approximate surface area is 154 Å². The molecule has 1 aromatic carbocycles. The van der Waals surface area contributed by atoms with Crippen molar-refractivity contribution < 1.29 is 9.53 Å². The van der Waals surface area contributed by atoms with Crippen molar-refractivity contribution in [3.8, 4) is 0 Å². The third-order valence-electron chi connectivity index (χ3n) is 5.47. The summed E-state index contributed by atoms with van der Waals surface area (Å²) in [6.07, 6.45) is 5.34. The van der Waals surface area contributed by atoms with Gasteiger partial charge in [-0.1, -0.05) is 44.2 Å². The molecule has 0 unspecified atom stereocenters. The predicted molar refractivity (Wildman–Crippen MR) is 99.7 cm³/mol. The van der Waals surface area contributed by atoms with Crippen LogP contribution in [0.5, 0.6) is 0 Å². The lowest BCUT2D eigenvalue weighted by molar-refractivity contribution is -0.131. The highest BCUT2D eigenvalue weighted by Crippen LogP contribution is 2.41. The van der Waals surface area contributed by atoms with E-state index in [1.807, 2.05) is 12.3 Å². The molecule has 1 aromatic heterocycles. The Balaban J connectivity index is 1.58. The quantitative estimate of drug-likeness (QED) is 0.918. The fourth-order valence-electron chi connectivity index (χ4n) is 4.17. The van der Waals surface area contributed by atoms with Crippen LogP contribution in [0.4, 0.5) is 0 Å². The number of fused-ring (bicyclic) bond motifs is 1. The van der Waals surface area contributed by atoms with Gasteiger partial charge in [0.2, 0.25) is 5.91 Å². The normalized spacial score (nSPS) is 24.2. The average Bonchev–Trinajstić information content (AvgIpc) is 3.26. The molecule has 138 valence electrons. The molecular formula is C21H27N3O2. The number of carbonyl (C=O) groups excluding carboxylic acids is 1. The van der Waals surface area contributed by atoms with Gasteiger partial charge >= 0.3 is 0 Å². The third kappa shape index (κ3) is 3.54. The summed E-state index contributed by atoms with van der Waals surface area (Å²) < 4.78 is 7.64. The molecule has 4 rings (SSSR count). The number of hydrogen-bond donors (Lipinski definition) is 1. The number of amides is 1. The van der Waals surface area contributed by atoms with E-state index in [9.17, 15) is 4.79 Å². The summed E-state index contributed by atoms with van der Waals surface area (Å²) in [5, 5.41) is 7.88. The van der Waals surface area contributed by atoms with Crippen LogP contribution in [0.25, 0.3) is 0 Å². The number of benzene rings is 1. The smallest absolute Gasteiger partial charge is 0.249 e. The first-order valence-electron chi connectivity index (χ1n) is 9.52. The van der Waals surface area contributed by atoms with Gasteiger partial charge in [-0.3, -0.25) is 9.48 Å². The van der Waals surface area contributed by atoms with Crippen LogP contribution in [0, 0.1) is 5.41 Å². The summed E-state index contributed by atoms with van der Waals surface area (Å²) in [5.41, 5.74) is 3.76. The maximum absolute atomic E-state index is 12.6. The van der Waals surface area contributed by atoms with Crippen LogP contribution in [0.15, 0.2) is 36.5 Å². The second kappa shape index (κ2) is 6.88. The van der Waals surface area contributed by atoms with Crippen molar-refractivity contribution >= 4 is 5.91 Å². The minimum Gasteiger partial charge on any atom is -0.368 e. The van der Waals surface area contributed by atoms with E-state index >= 15 is 0 Å². The molecule has 0 spiro atoms. The molecule has 0 saturated carbocycles. The summed E-state index contributed by atoms with van der Waals surface area (Å²) in [6.45, 7) is 5.98. The molecule has 1 fully saturated rings. The highest BCUT2D eigenvalue weighted by molar-refractivity contribution is 5.81. The van der Waals surface area contributed by atoms with Gasteiger partial charge in [0.15, 0.2) is 0 Å². The van der Waals surface area contributed by atoms with Crippen molar-refractivity contribution in [2.75, 3.05) is 6.61 Å². The lowest BCUT2D eigenvalue weighted by Crippen LogP contribution is -2.41. The second-order valence-electron chi connectivity index (χ2n) is 8.30. The molecule has 2 aromatic rings. The Morgan fingerprint density at radius 3 is 2.88 bits per heavy atom. The summed E-state index contributed by atoms with van der Waals surface area (Å²) >= 11 is 0. The molecule has 5 nitrogen and oxygen atoms in total. The van der Waals surface area contributed by atoms with Gasteiger partial charge in [0.25, 0.3) is 0 Å². The SMILES string of the molecule is CC1(C)Cc2c(cnn2Cc2ccccc2)[C@@H](NC(=O)[C@@H]2CCCO2)C1. The number of carbonyl (C=O) groups is 1. The molecule has 26 heavy (non-hydrogen) atoms. The third-order valence-corrected chi connectivity index (χ3v) is 5.47. The van der Waals surface area contributed by atoms with Crippen molar-refractivity contribution in [1.82, 2.24) is 15.1 Å². The van der Waals surface area contributed by atoms with Gasteiger partial charge in [-0.15, -0.1) is 0 Å². The largest absolute Gasteiger partial charge is 0.368 e. The standard InChI is InChI=1S/C21H27N3O2/c1-21(2)11-17(23-20(25)19-9-6-10-26-19)16-13-22-24(18(16)12-21)14-15-7-4-3-5-8-15/h3-5,7-8,13,17,19H,6,9-12,14H2,1-2H3,(H,23,25)/t17-,19-/m0/s1. The van der Waals surface area contributed by atoms with Crippen molar-refractivity contribution in [3.63, 3.8) is 0 Å². The van der Waals surface area contributed by atoms with Gasteiger partial charge < -0.3 is 10.1 Å². The predicted octanol–water partition coefficient (Wildman–Crippen LogP) is 3.24. The number of aromatic nitrogens is 2. The molecule has 2 heterocycles. The van der Waals surface area contributed by atoms with Gasteiger partial charge in [0.05, 0.1) is 18.8 Å². The number of nitrogens with one attached hydrogen (secondary N) is 1. The molecule has 1 N–H and O–H groups in total. The summed E-state index contributed by atoms with van der Waals surface area (Å²) in [7, 11) is 0. The Kier molecular flexibility index (Phi) is 4.57. The zero-order valence-corrected chi connectivity index (χ0v) is 15.6. The van der Waals surface area contributed by atoms with Crippen LogP contribution in [0.1, 0.15) is 56.0 Å². The minimum absolute atomic E-state index is 0.00923. The first kappa shape index (κ1) is 17.3. The van der Waals surface area contributed by atoms with Crippen LogP contribution in [-0.2, 0) is 22.5 Å². The molecule has 1 aliphatic carbocycles. The van der Waals surface area contributed by atoms with Gasteiger partial charge in [-0.2, -0.15) is 5.10 Å². The summed E-state index contributed by atoms with van der Waals surface area (Å²) in [5.74, 6) is 0.0203. The maximum atomic E-state index is 12.6. The van der Waals surface area contributed by atoms with Gasteiger partial charge in [0.1, 0.15) is 6.10 Å². The maximum Gasteiger partial charge on any atom is 0.249 e. The van der Waals surface area contributed by atoms with E-state index in [1.54, 1.807) is 0 Å². The number of nitrogens with zero attached hydrogens (tertiary/aromatic N) is 2. The lowest BCUT2D eigenvalue weighted by atomic mass is 9.74. The van der Waals surface area contributed by atoms with Crippen LogP contribution in [0.3, 0.4) is 0 Å². The molecule has 1 saturated heterocycles. The Bertz CT molecular complexity index is 776. The minimum atomic E-state index is -0.289. The van der Waals surface area contributed by atoms with Gasteiger partial charge in [-0.25, -0.2) is 0 Å². The van der Waals surface area contributed by atoms with Crippen LogP contribution < -0.4 is 5.32 Å². The fraction of sp³-hybridized carbons (Fsp3) is 0.524. The second-order valence-corrected chi connectivity index (χ2v) is 8.30. The van der Waals surface area contributed by atoms with Crippen molar-refractivity contribution in [2.24, 2.45) is 5.41 Å². The van der Waals surface area contributed by atoms with Crippen LogP contribution in [0.2, 0.25) is 0 Å². The van der Waals surface area contributed by atoms with Crippen molar-refractivity contribution in [2.45, 2.75) is 58.2 Å². The Hall–Kier alpha value is -2.14. The summed E-state index contributed by atoms with van der Waals surface area (Å²) in [6, 6.07) is 10.4. The van der Waals surface area contributed by atoms with E-state index in [4.69, 9.17) is 4.74 Å². The first-order valence-corrected chi connectivity index (χ1v) is 9.52. The fourth-order valence-corrected chi connectivity index (χ4v) is 4.17. The zero-order chi connectivity index (χ0) is 18.1. The number of ether oxygens (including phenoxy) is 1. The van der Waals surface area contributed by atoms with E-state index < -0.39 is 0 Å². The zero-order valence-electron chi connectivity index (χ0n) is 15.6. The highest BCUT2D eigenvalue weighted by atomic mass is 16.5. The van der Waals surface area contributed by atoms with Crippen molar-refractivity contribution in [1.29, 1.82) is 0 Å². The lowest BCUT2D eigenvalue weighted by Gasteiger charge is -2.36. The van der Waals surface area contributed by atoms with Crippen molar-refractivity contribution in [3.05, 3.63) is 53.3 Å².